The van der Waals surface area contributed by atoms with Gasteiger partial charge in [-0.15, -0.1) is 0 Å². The van der Waals surface area contributed by atoms with Gasteiger partial charge in [0.05, 0.1) is 11.3 Å². The normalized spacial score (nSPS) is 10.3. The van der Waals surface area contributed by atoms with Crippen LogP contribution in [0.25, 0.3) is 0 Å². The van der Waals surface area contributed by atoms with Gasteiger partial charge in [-0.05, 0) is 18.6 Å². The molecule has 0 fully saturated rings. The Bertz CT molecular complexity index is 932. The van der Waals surface area contributed by atoms with Crippen molar-refractivity contribution in [1.82, 2.24) is 29.9 Å². The first-order valence-electron chi connectivity index (χ1n) is 8.31. The summed E-state index contributed by atoms with van der Waals surface area (Å²) in [7, 11) is 0. The second-order valence-electron chi connectivity index (χ2n) is 5.55. The van der Waals surface area contributed by atoms with Gasteiger partial charge in [-0.2, -0.15) is 0 Å². The van der Waals surface area contributed by atoms with Gasteiger partial charge >= 0.3 is 5.69 Å². The molecule has 12 heteroatoms. The molecule has 0 aliphatic heterocycles. The quantitative estimate of drug-likeness (QED) is 0.281. The number of nitro groups is 1. The highest BCUT2D eigenvalue weighted by Gasteiger charge is 2.23. The van der Waals surface area contributed by atoms with E-state index >= 15 is 0 Å². The summed E-state index contributed by atoms with van der Waals surface area (Å²) in [5, 5.41) is 14.4. The number of amides is 1. The molecule has 1 amide bonds. The third-order valence-electron chi connectivity index (χ3n) is 3.64. The van der Waals surface area contributed by atoms with Crippen LogP contribution in [0.5, 0.6) is 0 Å². The van der Waals surface area contributed by atoms with E-state index in [0.717, 1.165) is 0 Å². The van der Waals surface area contributed by atoms with Crippen LogP contribution >= 0.6 is 0 Å². The van der Waals surface area contributed by atoms with E-state index in [1.807, 2.05) is 10.8 Å². The highest BCUT2D eigenvalue weighted by molar-refractivity contribution is 5.93. The van der Waals surface area contributed by atoms with E-state index in [9.17, 15) is 14.9 Å². The predicted octanol–water partition coefficient (Wildman–Crippen LogP) is 1.24. The fourth-order valence-electron chi connectivity index (χ4n) is 2.34. The lowest BCUT2D eigenvalue weighted by Gasteiger charge is -2.10. The molecule has 28 heavy (non-hydrogen) atoms. The number of nitrogens with one attached hydrogen (secondary N) is 3. The van der Waals surface area contributed by atoms with Crippen molar-refractivity contribution in [1.29, 1.82) is 0 Å². The van der Waals surface area contributed by atoms with Crippen molar-refractivity contribution in [3.8, 4) is 0 Å². The highest BCUT2D eigenvalue weighted by atomic mass is 16.6. The van der Waals surface area contributed by atoms with Crippen LogP contribution in [-0.4, -0.2) is 41.9 Å². The van der Waals surface area contributed by atoms with Crippen molar-refractivity contribution in [2.75, 3.05) is 17.3 Å². The smallest absolute Gasteiger partial charge is 0.354 e. The van der Waals surface area contributed by atoms with E-state index in [0.29, 0.717) is 19.5 Å². The van der Waals surface area contributed by atoms with Crippen molar-refractivity contribution < 1.29 is 9.72 Å². The van der Waals surface area contributed by atoms with Gasteiger partial charge in [0.1, 0.15) is 12.0 Å². The van der Waals surface area contributed by atoms with Gasteiger partial charge < -0.3 is 9.88 Å². The minimum absolute atomic E-state index is 0.0558. The molecule has 0 aromatic carbocycles. The van der Waals surface area contributed by atoms with Crippen LogP contribution in [0.2, 0.25) is 0 Å². The summed E-state index contributed by atoms with van der Waals surface area (Å²) in [6, 6.07) is 4.84. The lowest BCUT2D eigenvalue weighted by Crippen LogP contribution is -2.31. The average Bonchev–Trinajstić information content (AvgIpc) is 3.23. The van der Waals surface area contributed by atoms with Crippen molar-refractivity contribution in [2.24, 2.45) is 0 Å². The minimum Gasteiger partial charge on any atom is -0.364 e. The number of aromatic nitrogens is 5. The van der Waals surface area contributed by atoms with Crippen molar-refractivity contribution in [3.63, 3.8) is 0 Å². The third kappa shape index (κ3) is 4.75. The SMILES string of the molecule is O=C(NNc1ncnc(NCCCn2ccnc2)c1[N+](=O)[O-])c1ccccn1. The van der Waals surface area contributed by atoms with Crippen molar-refractivity contribution >= 4 is 23.2 Å². The molecule has 3 heterocycles. The first-order valence-corrected chi connectivity index (χ1v) is 8.31. The molecule has 144 valence electrons. The number of carbonyl (C=O) groups excluding carboxylic acids is 1. The van der Waals surface area contributed by atoms with Crippen molar-refractivity contribution in [3.05, 3.63) is 65.3 Å². The van der Waals surface area contributed by atoms with Crippen LogP contribution in [0, 0.1) is 10.1 Å². The lowest BCUT2D eigenvalue weighted by atomic mass is 10.3. The number of hydrogen-bond acceptors (Lipinski definition) is 9. The molecule has 3 rings (SSSR count). The molecule has 12 nitrogen and oxygen atoms in total. The molecule has 0 aliphatic rings. The van der Waals surface area contributed by atoms with Gasteiger partial charge in [-0.1, -0.05) is 6.07 Å². The topological polar surface area (TPSA) is 153 Å². The maximum absolute atomic E-state index is 12.0. The van der Waals surface area contributed by atoms with Gasteiger partial charge in [0.2, 0.25) is 11.6 Å². The van der Waals surface area contributed by atoms with Crippen LogP contribution in [-0.2, 0) is 6.54 Å². The van der Waals surface area contributed by atoms with Crippen LogP contribution in [0.4, 0.5) is 17.3 Å². The number of nitrogens with zero attached hydrogens (tertiary/aromatic N) is 6. The Hall–Kier alpha value is -4.09. The second-order valence-corrected chi connectivity index (χ2v) is 5.55. The summed E-state index contributed by atoms with van der Waals surface area (Å²) in [5.74, 6) is -0.634. The number of aryl methyl sites for hydroxylation is 1. The Labute approximate surface area is 159 Å². The zero-order valence-electron chi connectivity index (χ0n) is 14.6. The number of hydrazine groups is 1. The Morgan fingerprint density at radius 2 is 2.04 bits per heavy atom. The van der Waals surface area contributed by atoms with E-state index in [1.54, 1.807) is 24.7 Å². The molecule has 0 saturated carbocycles. The highest BCUT2D eigenvalue weighted by Crippen LogP contribution is 2.28. The van der Waals surface area contributed by atoms with Crippen LogP contribution in [0.3, 0.4) is 0 Å². The largest absolute Gasteiger partial charge is 0.364 e. The first kappa shape index (κ1) is 18.7. The molecule has 0 saturated heterocycles. The molecule has 0 atom stereocenters. The summed E-state index contributed by atoms with van der Waals surface area (Å²) in [6.45, 7) is 1.16. The number of anilines is 2. The molecule has 0 radical (unpaired) electrons. The molecule has 3 N–H and O–H groups in total. The number of hydrogen-bond donors (Lipinski definition) is 3. The summed E-state index contributed by atoms with van der Waals surface area (Å²) in [4.78, 5) is 38.5. The minimum atomic E-state index is -0.618. The van der Waals surface area contributed by atoms with Gasteiger partial charge in [0.25, 0.3) is 5.91 Å². The molecule has 3 aromatic rings. The lowest BCUT2D eigenvalue weighted by molar-refractivity contribution is -0.383. The number of carbonyl (C=O) groups is 1. The predicted molar refractivity (Wildman–Crippen MR) is 99.3 cm³/mol. The summed E-state index contributed by atoms with van der Waals surface area (Å²) >= 11 is 0. The monoisotopic (exact) mass is 383 g/mol. The molecule has 3 aromatic heterocycles. The maximum Gasteiger partial charge on any atom is 0.354 e. The van der Waals surface area contributed by atoms with Crippen molar-refractivity contribution in [2.45, 2.75) is 13.0 Å². The Morgan fingerprint density at radius 3 is 2.75 bits per heavy atom. The zero-order chi connectivity index (χ0) is 19.8. The number of pyridine rings is 1. The first-order chi connectivity index (χ1) is 13.6. The second kappa shape index (κ2) is 9.02. The average molecular weight is 383 g/mol. The van der Waals surface area contributed by atoms with Gasteiger partial charge in [-0.25, -0.2) is 15.0 Å². The van der Waals surface area contributed by atoms with Crippen LogP contribution < -0.4 is 16.2 Å². The molecule has 0 unspecified atom stereocenters. The Balaban J connectivity index is 1.63. The van der Waals surface area contributed by atoms with Gasteiger partial charge in [0.15, 0.2) is 0 Å². The summed E-state index contributed by atoms with van der Waals surface area (Å²) < 4.78 is 1.90. The molecular weight excluding hydrogens is 366 g/mol. The van der Waals surface area contributed by atoms with E-state index in [-0.39, 0.29) is 23.0 Å². The molecule has 0 bridgehead atoms. The van der Waals surface area contributed by atoms with E-state index in [1.165, 1.54) is 18.6 Å². The number of rotatable bonds is 9. The van der Waals surface area contributed by atoms with E-state index in [2.05, 4.69) is 36.1 Å². The summed E-state index contributed by atoms with van der Waals surface area (Å²) in [6.07, 6.45) is 8.55. The van der Waals surface area contributed by atoms with Gasteiger partial charge in [-0.3, -0.25) is 30.7 Å². The Kier molecular flexibility index (Phi) is 6.02. The van der Waals surface area contributed by atoms with Crippen LogP contribution in [0.1, 0.15) is 16.9 Å². The molecular formula is C16H17N9O3. The van der Waals surface area contributed by atoms with E-state index in [4.69, 9.17) is 0 Å². The molecule has 0 spiro atoms. The fourth-order valence-corrected chi connectivity index (χ4v) is 2.34. The third-order valence-corrected chi connectivity index (χ3v) is 3.64. The fraction of sp³-hybridized carbons (Fsp3) is 0.188. The standard InChI is InChI=1S/C16H17N9O3/c26-16(12-4-1-2-5-18-12)23-22-15-13(25(27)28)14(20-10-21-15)19-6-3-8-24-9-7-17-11-24/h1-2,4-5,7,9-11H,3,6,8H2,(H,23,26)(H2,19,20,21,22). The van der Waals surface area contributed by atoms with Crippen LogP contribution in [0.15, 0.2) is 49.4 Å². The maximum atomic E-state index is 12.0. The van der Waals surface area contributed by atoms with E-state index < -0.39 is 10.8 Å². The zero-order valence-corrected chi connectivity index (χ0v) is 14.6. The summed E-state index contributed by atoms with van der Waals surface area (Å²) in [5.41, 5.74) is 4.59. The number of imidazole rings is 1. The Morgan fingerprint density at radius 1 is 1.18 bits per heavy atom. The molecule has 0 aliphatic carbocycles. The van der Waals surface area contributed by atoms with Gasteiger partial charge in [0, 0.05) is 31.7 Å².